The number of nitrogens with zero attached hydrogens (tertiary/aromatic N) is 1. The van der Waals surface area contributed by atoms with Crippen molar-refractivity contribution in [2.45, 2.75) is 6.42 Å². The van der Waals surface area contributed by atoms with Gasteiger partial charge in [0.2, 0.25) is 5.91 Å². The van der Waals surface area contributed by atoms with E-state index in [0.717, 1.165) is 10.8 Å². The highest BCUT2D eigenvalue weighted by atomic mass is 16.5. The van der Waals surface area contributed by atoms with E-state index in [1.165, 1.54) is 0 Å². The molecule has 0 atom stereocenters. The van der Waals surface area contributed by atoms with Crippen molar-refractivity contribution in [1.82, 2.24) is 4.98 Å². The molecule has 0 fully saturated rings. The first-order valence-electron chi connectivity index (χ1n) is 7.66. The van der Waals surface area contributed by atoms with Crippen LogP contribution in [-0.4, -0.2) is 24.6 Å². The molecule has 1 N–H and O–H groups in total. The highest BCUT2D eigenvalue weighted by molar-refractivity contribution is 6.01. The van der Waals surface area contributed by atoms with Crippen molar-refractivity contribution in [3.63, 3.8) is 0 Å². The van der Waals surface area contributed by atoms with Crippen LogP contribution >= 0.6 is 0 Å². The van der Waals surface area contributed by atoms with E-state index in [2.05, 4.69) is 10.3 Å². The number of nitrogens with one attached hydrogen (secondary N) is 1. The molecule has 0 spiro atoms. The molecule has 0 aliphatic heterocycles. The molecule has 1 amide bonds. The minimum Gasteiger partial charge on any atom is -0.493 e. The number of carbonyl (C=O) groups is 1. The van der Waals surface area contributed by atoms with Crippen LogP contribution in [0.5, 0.6) is 11.5 Å². The van der Waals surface area contributed by atoms with Gasteiger partial charge in [-0.3, -0.25) is 9.78 Å². The topological polar surface area (TPSA) is 60.5 Å². The average Bonchev–Trinajstić information content (AvgIpc) is 2.62. The molecule has 5 nitrogen and oxygen atoms in total. The largest absolute Gasteiger partial charge is 0.493 e. The Labute approximate surface area is 140 Å². The van der Waals surface area contributed by atoms with Crippen LogP contribution < -0.4 is 14.8 Å². The first-order chi connectivity index (χ1) is 11.8. The Morgan fingerprint density at radius 1 is 1.04 bits per heavy atom. The number of amides is 1. The molecule has 2 aromatic carbocycles. The molecule has 1 aromatic heterocycles. The quantitative estimate of drug-likeness (QED) is 0.752. The lowest BCUT2D eigenvalue weighted by Crippen LogP contribution is -2.15. The van der Waals surface area contributed by atoms with Crippen LogP contribution in [0.25, 0.3) is 10.8 Å². The molecule has 0 radical (unpaired) electrons. The van der Waals surface area contributed by atoms with E-state index in [1.807, 2.05) is 48.5 Å². The molecule has 0 aliphatic carbocycles. The monoisotopic (exact) mass is 322 g/mol. The highest BCUT2D eigenvalue weighted by Crippen LogP contribution is 2.26. The molecule has 1 heterocycles. The van der Waals surface area contributed by atoms with E-state index in [9.17, 15) is 4.79 Å². The van der Waals surface area contributed by atoms with Gasteiger partial charge in [0, 0.05) is 17.0 Å². The fourth-order valence-corrected chi connectivity index (χ4v) is 2.42. The molecule has 122 valence electrons. The molecular formula is C19H18N2O3. The zero-order valence-corrected chi connectivity index (χ0v) is 13.4. The van der Waals surface area contributed by atoms with E-state index >= 15 is 0 Å². The second-order valence-corrected chi connectivity index (χ2v) is 5.21. The van der Waals surface area contributed by atoms with Crippen LogP contribution in [0.2, 0.25) is 0 Å². The Morgan fingerprint density at radius 3 is 2.62 bits per heavy atom. The van der Waals surface area contributed by atoms with E-state index in [-0.39, 0.29) is 18.9 Å². The van der Waals surface area contributed by atoms with Crippen molar-refractivity contribution < 1.29 is 14.3 Å². The lowest BCUT2D eigenvalue weighted by Gasteiger charge is -2.11. The zero-order chi connectivity index (χ0) is 16.8. The molecular weight excluding hydrogens is 304 g/mol. The Hall–Kier alpha value is -3.08. The predicted molar refractivity (Wildman–Crippen MR) is 93.5 cm³/mol. The zero-order valence-electron chi connectivity index (χ0n) is 13.4. The summed E-state index contributed by atoms with van der Waals surface area (Å²) in [6, 6.07) is 15.1. The predicted octanol–water partition coefficient (Wildman–Crippen LogP) is 3.65. The molecule has 0 saturated carbocycles. The van der Waals surface area contributed by atoms with Crippen LogP contribution in [-0.2, 0) is 4.79 Å². The van der Waals surface area contributed by atoms with Crippen LogP contribution in [0.15, 0.2) is 60.9 Å². The van der Waals surface area contributed by atoms with Gasteiger partial charge in [-0.1, -0.05) is 36.4 Å². The fourth-order valence-electron chi connectivity index (χ4n) is 2.42. The summed E-state index contributed by atoms with van der Waals surface area (Å²) in [5, 5.41) is 4.84. The standard InChI is InChI=1S/C19H18N2O3/c1-23-17-8-4-5-9-18(17)24-11-10-19(22)21-16-13-20-12-14-6-2-3-7-15(14)16/h2-9,12-13H,10-11H2,1H3,(H,21,22). The summed E-state index contributed by atoms with van der Waals surface area (Å²) in [7, 11) is 1.59. The molecule has 3 rings (SSSR count). The minimum absolute atomic E-state index is 0.122. The maximum absolute atomic E-state index is 12.2. The number of anilines is 1. The number of rotatable bonds is 6. The number of methoxy groups -OCH3 is 1. The summed E-state index contributed by atoms with van der Waals surface area (Å²) in [6.07, 6.45) is 3.67. The third-order valence-corrected chi connectivity index (χ3v) is 3.60. The van der Waals surface area contributed by atoms with Gasteiger partial charge in [-0.05, 0) is 12.1 Å². The molecule has 0 bridgehead atoms. The lowest BCUT2D eigenvalue weighted by molar-refractivity contribution is -0.116. The second kappa shape index (κ2) is 7.46. The normalized spacial score (nSPS) is 10.4. The van der Waals surface area contributed by atoms with Gasteiger partial charge in [-0.15, -0.1) is 0 Å². The van der Waals surface area contributed by atoms with E-state index in [1.54, 1.807) is 19.5 Å². The number of pyridine rings is 1. The first-order valence-corrected chi connectivity index (χ1v) is 7.66. The molecule has 0 unspecified atom stereocenters. The summed E-state index contributed by atoms with van der Waals surface area (Å²) in [6.45, 7) is 0.268. The van der Waals surface area contributed by atoms with Crippen LogP contribution in [0.3, 0.4) is 0 Å². The van der Waals surface area contributed by atoms with Crippen molar-refractivity contribution in [1.29, 1.82) is 0 Å². The fraction of sp³-hybridized carbons (Fsp3) is 0.158. The van der Waals surface area contributed by atoms with Gasteiger partial charge in [0.1, 0.15) is 0 Å². The van der Waals surface area contributed by atoms with Crippen molar-refractivity contribution in [2.75, 3.05) is 19.0 Å². The third kappa shape index (κ3) is 3.63. The van der Waals surface area contributed by atoms with Gasteiger partial charge >= 0.3 is 0 Å². The number of aromatic nitrogens is 1. The SMILES string of the molecule is COc1ccccc1OCCC(=O)Nc1cncc2ccccc12. The number of ether oxygens (including phenoxy) is 2. The van der Waals surface area contributed by atoms with Gasteiger partial charge in [0.05, 0.1) is 32.0 Å². The third-order valence-electron chi connectivity index (χ3n) is 3.60. The lowest BCUT2D eigenvalue weighted by atomic mass is 10.1. The summed E-state index contributed by atoms with van der Waals surface area (Å²) in [4.78, 5) is 16.3. The van der Waals surface area contributed by atoms with Crippen molar-refractivity contribution in [3.8, 4) is 11.5 Å². The van der Waals surface area contributed by atoms with Gasteiger partial charge in [-0.25, -0.2) is 0 Å². The van der Waals surface area contributed by atoms with Crippen molar-refractivity contribution in [3.05, 3.63) is 60.9 Å². The number of para-hydroxylation sites is 2. The second-order valence-electron chi connectivity index (χ2n) is 5.21. The Morgan fingerprint density at radius 2 is 1.79 bits per heavy atom. The average molecular weight is 322 g/mol. The highest BCUT2D eigenvalue weighted by Gasteiger charge is 2.08. The molecule has 0 aliphatic rings. The molecule has 24 heavy (non-hydrogen) atoms. The molecule has 5 heteroatoms. The first kappa shape index (κ1) is 15.8. The number of hydrogen-bond acceptors (Lipinski definition) is 4. The Balaban J connectivity index is 1.59. The Bertz CT molecular complexity index is 843. The van der Waals surface area contributed by atoms with Crippen molar-refractivity contribution in [2.24, 2.45) is 0 Å². The number of hydrogen-bond donors (Lipinski definition) is 1. The number of fused-ring (bicyclic) bond motifs is 1. The van der Waals surface area contributed by atoms with Gasteiger partial charge in [-0.2, -0.15) is 0 Å². The summed E-state index contributed by atoms with van der Waals surface area (Å²) in [5.74, 6) is 1.15. The van der Waals surface area contributed by atoms with Gasteiger partial charge in [0.15, 0.2) is 11.5 Å². The van der Waals surface area contributed by atoms with Crippen LogP contribution in [0.4, 0.5) is 5.69 Å². The smallest absolute Gasteiger partial charge is 0.227 e. The molecule has 3 aromatic rings. The number of benzene rings is 2. The van der Waals surface area contributed by atoms with E-state index in [4.69, 9.17) is 9.47 Å². The van der Waals surface area contributed by atoms with Crippen LogP contribution in [0, 0.1) is 0 Å². The number of carbonyl (C=O) groups excluding carboxylic acids is 1. The van der Waals surface area contributed by atoms with Crippen molar-refractivity contribution >= 4 is 22.4 Å². The Kier molecular flexibility index (Phi) is 4.91. The summed E-state index contributed by atoms with van der Waals surface area (Å²) in [5.41, 5.74) is 0.704. The van der Waals surface area contributed by atoms with Crippen LogP contribution in [0.1, 0.15) is 6.42 Å². The minimum atomic E-state index is -0.122. The van der Waals surface area contributed by atoms with E-state index in [0.29, 0.717) is 17.2 Å². The van der Waals surface area contributed by atoms with E-state index < -0.39 is 0 Å². The maximum Gasteiger partial charge on any atom is 0.227 e. The summed E-state index contributed by atoms with van der Waals surface area (Å²) >= 11 is 0. The van der Waals surface area contributed by atoms with Gasteiger partial charge < -0.3 is 14.8 Å². The maximum atomic E-state index is 12.2. The molecule has 0 saturated heterocycles. The summed E-state index contributed by atoms with van der Waals surface area (Å²) < 4.78 is 10.8. The van der Waals surface area contributed by atoms with Gasteiger partial charge in [0.25, 0.3) is 0 Å².